The molecule has 1 nitrogen and oxygen atoms in total. The van der Waals surface area contributed by atoms with E-state index >= 15 is 0 Å². The van der Waals surface area contributed by atoms with E-state index in [-0.39, 0.29) is 6.10 Å². The van der Waals surface area contributed by atoms with Crippen molar-refractivity contribution in [1.82, 2.24) is 0 Å². The summed E-state index contributed by atoms with van der Waals surface area (Å²) in [5.74, 6) is 0. The third-order valence-electron chi connectivity index (χ3n) is 6.79. The van der Waals surface area contributed by atoms with Crippen molar-refractivity contribution in [3.8, 4) is 0 Å². The second-order valence-electron chi connectivity index (χ2n) is 9.40. The van der Waals surface area contributed by atoms with Gasteiger partial charge in [-0.2, -0.15) is 0 Å². The molecule has 0 saturated heterocycles. The van der Waals surface area contributed by atoms with Crippen LogP contribution < -0.4 is 5.19 Å². The van der Waals surface area contributed by atoms with E-state index < -0.39 is 26.5 Å². The Morgan fingerprint density at radius 1 is 0.852 bits per heavy atom. The van der Waals surface area contributed by atoms with Gasteiger partial charge >= 0.3 is 176 Å². The molecule has 1 aromatic carbocycles. The van der Waals surface area contributed by atoms with Gasteiger partial charge in [-0.1, -0.05) is 0 Å². The zero-order chi connectivity index (χ0) is 20.3. The van der Waals surface area contributed by atoms with Crippen LogP contribution in [0, 0.1) is 0 Å². The van der Waals surface area contributed by atoms with Gasteiger partial charge in [0.2, 0.25) is 0 Å². The Morgan fingerprint density at radius 3 is 1.67 bits per heavy atom. The number of hydrogen-bond acceptors (Lipinski definition) is 1. The molecule has 0 aromatic heterocycles. The zero-order valence-electron chi connectivity index (χ0n) is 19.1. The predicted molar refractivity (Wildman–Crippen MR) is 129 cm³/mol. The molecule has 3 heteroatoms. The molecule has 0 spiro atoms. The molecule has 0 fully saturated rings. The van der Waals surface area contributed by atoms with Gasteiger partial charge < -0.3 is 0 Å². The molecule has 2 atom stereocenters. The normalized spacial score (nSPS) is 14.9. The third kappa shape index (κ3) is 7.51. The van der Waals surface area contributed by atoms with Crippen molar-refractivity contribution in [3.05, 3.63) is 30.3 Å². The number of hydrogen-bond donors (Lipinski definition) is 1. The fraction of sp³-hybridized carbons (Fsp3) is 0.750. The molecular formula is C24H46OSiSn. The molecule has 0 bridgehead atoms. The molecule has 0 radical (unpaired) electrons. The van der Waals surface area contributed by atoms with Crippen LogP contribution in [0.25, 0.3) is 0 Å². The fourth-order valence-electron chi connectivity index (χ4n) is 5.20. The Kier molecular flexibility index (Phi) is 11.9. The molecule has 0 heterocycles. The van der Waals surface area contributed by atoms with Gasteiger partial charge in [-0.25, -0.2) is 0 Å². The van der Waals surface area contributed by atoms with Gasteiger partial charge in [0, 0.05) is 0 Å². The van der Waals surface area contributed by atoms with E-state index in [1.165, 1.54) is 38.5 Å². The monoisotopic (exact) mass is 498 g/mol. The molecular weight excluding hydrogens is 451 g/mol. The van der Waals surface area contributed by atoms with Crippen molar-refractivity contribution in [2.24, 2.45) is 0 Å². The van der Waals surface area contributed by atoms with Gasteiger partial charge in [0.05, 0.1) is 0 Å². The molecule has 1 N–H and O–H groups in total. The Labute approximate surface area is 175 Å². The van der Waals surface area contributed by atoms with Crippen LogP contribution in [-0.4, -0.2) is 37.7 Å². The molecule has 0 aliphatic carbocycles. The van der Waals surface area contributed by atoms with E-state index in [1.54, 1.807) is 18.5 Å². The minimum atomic E-state index is -2.42. The van der Waals surface area contributed by atoms with Crippen molar-refractivity contribution in [2.75, 3.05) is 0 Å². The summed E-state index contributed by atoms with van der Waals surface area (Å²) in [5.41, 5.74) is 0. The predicted octanol–water partition coefficient (Wildman–Crippen LogP) is 7.13. The van der Waals surface area contributed by atoms with Crippen LogP contribution in [0.1, 0.15) is 72.6 Å². The number of aliphatic hydroxyl groups is 1. The molecule has 156 valence electrons. The standard InChI is InChI=1S/C12H19OSi.3C4H9.Sn/c1-11(13)9-10-14(2,3)12-7-5-4-6-8-12;3*1-3-4-2;/h4-8,10-11,13H,9H2,1-3H3;3*1,3-4H2,2H3;/t11-;;;;/m0..../s1. The number of aliphatic hydroxyl groups excluding tert-OH is 1. The number of unbranched alkanes of at least 4 members (excludes halogenated alkanes) is 3. The quantitative estimate of drug-likeness (QED) is 0.271. The summed E-state index contributed by atoms with van der Waals surface area (Å²) in [5, 5.41) is 12.1. The first-order valence-electron chi connectivity index (χ1n) is 11.6. The van der Waals surface area contributed by atoms with Gasteiger partial charge in [-0.05, 0) is 0 Å². The first kappa shape index (κ1) is 25.2. The topological polar surface area (TPSA) is 20.2 Å². The Bertz CT molecular complexity index is 479. The summed E-state index contributed by atoms with van der Waals surface area (Å²) in [6, 6.07) is 11.4. The minimum absolute atomic E-state index is 0.161. The number of benzene rings is 1. The SMILES string of the molecule is CCC[CH2][Sn]([CH2]CCC)([CH2]CCC)[C@H](C[C@H](C)O)[Si](C)(C)c1ccccc1. The van der Waals surface area contributed by atoms with Crippen LogP contribution in [0.2, 0.25) is 30.0 Å². The van der Waals surface area contributed by atoms with Crippen LogP contribution in [-0.2, 0) is 0 Å². The van der Waals surface area contributed by atoms with Crippen molar-refractivity contribution in [1.29, 1.82) is 0 Å². The van der Waals surface area contributed by atoms with Crippen LogP contribution >= 0.6 is 0 Å². The van der Waals surface area contributed by atoms with Crippen LogP contribution in [0.5, 0.6) is 0 Å². The summed E-state index contributed by atoms with van der Waals surface area (Å²) in [6.45, 7) is 14.4. The maximum absolute atomic E-state index is 10.5. The van der Waals surface area contributed by atoms with E-state index in [0.29, 0.717) is 0 Å². The van der Waals surface area contributed by atoms with Crippen LogP contribution in [0.15, 0.2) is 30.3 Å². The Hall–Kier alpha value is 0.196. The fourth-order valence-corrected chi connectivity index (χ4v) is 43.1. The maximum atomic E-state index is 10.5. The van der Waals surface area contributed by atoms with Gasteiger partial charge in [0.15, 0.2) is 0 Å². The Morgan fingerprint density at radius 2 is 1.30 bits per heavy atom. The summed E-state index contributed by atoms with van der Waals surface area (Å²) >= 11 is -2.42. The van der Waals surface area contributed by atoms with Crippen molar-refractivity contribution in [2.45, 2.75) is 109 Å². The van der Waals surface area contributed by atoms with E-state index in [0.717, 1.165) is 9.98 Å². The summed E-state index contributed by atoms with van der Waals surface area (Å²) in [6.07, 6.45) is 9.12. The van der Waals surface area contributed by atoms with Crippen LogP contribution in [0.3, 0.4) is 0 Å². The number of rotatable bonds is 14. The van der Waals surface area contributed by atoms with Crippen molar-refractivity contribution >= 4 is 31.6 Å². The summed E-state index contributed by atoms with van der Waals surface area (Å²) in [7, 11) is -1.62. The van der Waals surface area contributed by atoms with Gasteiger partial charge in [0.25, 0.3) is 0 Å². The second kappa shape index (κ2) is 12.7. The van der Waals surface area contributed by atoms with Crippen molar-refractivity contribution in [3.63, 3.8) is 0 Å². The molecule has 0 unspecified atom stereocenters. The van der Waals surface area contributed by atoms with E-state index in [4.69, 9.17) is 0 Å². The third-order valence-corrected chi connectivity index (χ3v) is 37.3. The van der Waals surface area contributed by atoms with Gasteiger partial charge in [-0.3, -0.25) is 0 Å². The summed E-state index contributed by atoms with van der Waals surface area (Å²) < 4.78 is 5.49. The molecule has 0 aliphatic heterocycles. The second-order valence-corrected chi connectivity index (χ2v) is 29.8. The molecule has 1 rings (SSSR count). The zero-order valence-corrected chi connectivity index (χ0v) is 22.9. The summed E-state index contributed by atoms with van der Waals surface area (Å²) in [4.78, 5) is 0. The molecule has 27 heavy (non-hydrogen) atoms. The van der Waals surface area contributed by atoms with E-state index in [1.807, 2.05) is 6.92 Å². The molecule has 0 aliphatic rings. The molecule has 0 saturated carbocycles. The molecule has 0 amide bonds. The average molecular weight is 497 g/mol. The first-order valence-corrected chi connectivity index (χ1v) is 22.4. The van der Waals surface area contributed by atoms with Gasteiger partial charge in [0.1, 0.15) is 0 Å². The van der Waals surface area contributed by atoms with E-state index in [9.17, 15) is 5.11 Å². The molecule has 1 aromatic rings. The van der Waals surface area contributed by atoms with Crippen LogP contribution in [0.4, 0.5) is 0 Å². The van der Waals surface area contributed by atoms with Crippen molar-refractivity contribution < 1.29 is 5.11 Å². The average Bonchev–Trinajstić information content (AvgIpc) is 2.66. The van der Waals surface area contributed by atoms with E-state index in [2.05, 4.69) is 64.2 Å². The first-order chi connectivity index (χ1) is 12.8. The van der Waals surface area contributed by atoms with Gasteiger partial charge in [-0.15, -0.1) is 0 Å². The Balaban J connectivity index is 3.41.